The first-order valence-corrected chi connectivity index (χ1v) is 12.7. The molecule has 0 aliphatic heterocycles. The molecule has 4 heterocycles. The zero-order chi connectivity index (χ0) is 27.5. The van der Waals surface area contributed by atoms with Crippen molar-refractivity contribution < 1.29 is 5.11 Å². The van der Waals surface area contributed by atoms with E-state index in [1.54, 1.807) is 33.3 Å². The smallest absolute Gasteiger partial charge is 0.333 e. The highest BCUT2D eigenvalue weighted by Crippen LogP contribution is 2.31. The lowest BCUT2D eigenvalue weighted by molar-refractivity contribution is 0.106. The summed E-state index contributed by atoms with van der Waals surface area (Å²) in [6, 6.07) is 17.6. The van der Waals surface area contributed by atoms with Gasteiger partial charge in [-0.25, -0.2) is 4.79 Å². The van der Waals surface area contributed by atoms with Crippen molar-refractivity contribution in [2.75, 3.05) is 0 Å². The lowest BCUT2D eigenvalue weighted by Gasteiger charge is -2.28. The highest BCUT2D eigenvalue weighted by atomic mass is 16.3. The lowest BCUT2D eigenvalue weighted by Crippen LogP contribution is -2.40. The molecule has 0 saturated carbocycles. The second kappa shape index (κ2) is 9.00. The number of aliphatic hydroxyl groups excluding tert-OH is 1. The maximum absolute atomic E-state index is 13.5. The third-order valence-electron chi connectivity index (χ3n) is 7.59. The second-order valence-electron chi connectivity index (χ2n) is 10.4. The number of nitrogens with zero attached hydrogens (tertiary/aromatic N) is 6. The SMILES string of the molecule is Cn1cc(-c2ccc(-c3ccc4ncc5c(c4c3)n(-c3ccc(C(C)(C)C(N)O)cc3)c(=O)n5C)cn2)cn1. The molecule has 4 aromatic heterocycles. The summed E-state index contributed by atoms with van der Waals surface area (Å²) in [5.41, 5.74) is 12.6. The molecule has 0 aliphatic rings. The Hall–Kier alpha value is -4.60. The van der Waals surface area contributed by atoms with E-state index in [1.165, 1.54) is 0 Å². The van der Waals surface area contributed by atoms with E-state index in [2.05, 4.69) is 21.1 Å². The molecule has 6 aromatic rings. The maximum Gasteiger partial charge on any atom is 0.333 e. The summed E-state index contributed by atoms with van der Waals surface area (Å²) in [6.07, 6.45) is 6.30. The summed E-state index contributed by atoms with van der Waals surface area (Å²) < 4.78 is 5.07. The molecule has 39 heavy (non-hydrogen) atoms. The van der Waals surface area contributed by atoms with Crippen LogP contribution in [0.25, 0.3) is 50.0 Å². The van der Waals surface area contributed by atoms with Crippen molar-refractivity contribution in [3.8, 4) is 28.1 Å². The number of aliphatic hydroxyl groups is 1. The topological polar surface area (TPSA) is 117 Å². The van der Waals surface area contributed by atoms with Gasteiger partial charge in [-0.3, -0.25) is 23.8 Å². The molecular formula is C30H29N7O2. The van der Waals surface area contributed by atoms with Gasteiger partial charge in [-0.1, -0.05) is 38.1 Å². The molecule has 6 rings (SSSR count). The number of nitrogens with two attached hydrogens (primary N) is 1. The van der Waals surface area contributed by atoms with Crippen LogP contribution in [-0.2, 0) is 19.5 Å². The van der Waals surface area contributed by atoms with E-state index in [-0.39, 0.29) is 5.69 Å². The van der Waals surface area contributed by atoms with E-state index in [0.717, 1.165) is 55.6 Å². The fourth-order valence-electron chi connectivity index (χ4n) is 4.92. The molecule has 0 fully saturated rings. The van der Waals surface area contributed by atoms with Gasteiger partial charge >= 0.3 is 5.69 Å². The van der Waals surface area contributed by atoms with Gasteiger partial charge in [-0.05, 0) is 41.5 Å². The molecule has 9 heteroatoms. The third kappa shape index (κ3) is 4.03. The van der Waals surface area contributed by atoms with Gasteiger partial charge in [0.15, 0.2) is 0 Å². The quantitative estimate of drug-likeness (QED) is 0.334. The summed E-state index contributed by atoms with van der Waals surface area (Å²) in [5, 5.41) is 15.1. The molecule has 0 aliphatic carbocycles. The van der Waals surface area contributed by atoms with E-state index in [4.69, 9.17) is 5.73 Å². The van der Waals surface area contributed by atoms with Gasteiger partial charge in [-0.2, -0.15) is 5.10 Å². The molecule has 0 spiro atoms. The summed E-state index contributed by atoms with van der Waals surface area (Å²) >= 11 is 0. The van der Waals surface area contributed by atoms with Crippen LogP contribution in [0.2, 0.25) is 0 Å². The first-order valence-electron chi connectivity index (χ1n) is 12.7. The van der Waals surface area contributed by atoms with Crippen molar-refractivity contribution in [3.05, 3.63) is 95.4 Å². The van der Waals surface area contributed by atoms with Crippen molar-refractivity contribution in [1.82, 2.24) is 28.9 Å². The summed E-state index contributed by atoms with van der Waals surface area (Å²) in [4.78, 5) is 22.8. The molecule has 3 N–H and O–H groups in total. The summed E-state index contributed by atoms with van der Waals surface area (Å²) in [7, 11) is 3.63. The van der Waals surface area contributed by atoms with Gasteiger partial charge in [0, 0.05) is 48.4 Å². The highest BCUT2D eigenvalue weighted by Gasteiger charge is 2.27. The number of hydrogen-bond acceptors (Lipinski definition) is 6. The number of aryl methyl sites for hydroxylation is 2. The average Bonchev–Trinajstić information content (AvgIpc) is 3.49. The number of pyridine rings is 2. The Bertz CT molecular complexity index is 1890. The van der Waals surface area contributed by atoms with Crippen LogP contribution in [-0.4, -0.2) is 40.2 Å². The molecule has 196 valence electrons. The largest absolute Gasteiger partial charge is 0.378 e. The van der Waals surface area contributed by atoms with Gasteiger partial charge in [0.2, 0.25) is 0 Å². The Balaban J connectivity index is 1.49. The molecule has 0 amide bonds. The van der Waals surface area contributed by atoms with Crippen LogP contribution < -0.4 is 11.4 Å². The van der Waals surface area contributed by atoms with Crippen LogP contribution in [0.4, 0.5) is 0 Å². The Labute approximate surface area is 224 Å². The van der Waals surface area contributed by atoms with Crippen LogP contribution >= 0.6 is 0 Å². The number of hydrogen-bond donors (Lipinski definition) is 2. The van der Waals surface area contributed by atoms with Crippen LogP contribution in [0.3, 0.4) is 0 Å². The highest BCUT2D eigenvalue weighted by molar-refractivity contribution is 6.04. The molecule has 9 nitrogen and oxygen atoms in total. The van der Waals surface area contributed by atoms with Gasteiger partial charge in [0.05, 0.1) is 40.3 Å². The molecule has 0 radical (unpaired) electrons. The molecular weight excluding hydrogens is 490 g/mol. The lowest BCUT2D eigenvalue weighted by atomic mass is 9.83. The average molecular weight is 520 g/mol. The Morgan fingerprint density at radius 2 is 1.64 bits per heavy atom. The van der Waals surface area contributed by atoms with E-state index < -0.39 is 11.6 Å². The van der Waals surface area contributed by atoms with Crippen molar-refractivity contribution in [3.63, 3.8) is 0 Å². The maximum atomic E-state index is 13.5. The minimum atomic E-state index is -1.01. The van der Waals surface area contributed by atoms with E-state index in [1.807, 2.05) is 81.8 Å². The second-order valence-corrected chi connectivity index (χ2v) is 10.4. The zero-order valence-corrected chi connectivity index (χ0v) is 22.2. The first kappa shape index (κ1) is 24.7. The predicted molar refractivity (Wildman–Crippen MR) is 152 cm³/mol. The van der Waals surface area contributed by atoms with Gasteiger partial charge in [0.25, 0.3) is 0 Å². The molecule has 2 aromatic carbocycles. The number of aromatic nitrogens is 6. The van der Waals surface area contributed by atoms with Crippen molar-refractivity contribution >= 4 is 21.9 Å². The minimum absolute atomic E-state index is 0.168. The Kier molecular flexibility index (Phi) is 5.71. The minimum Gasteiger partial charge on any atom is -0.378 e. The van der Waals surface area contributed by atoms with Gasteiger partial charge in [0.1, 0.15) is 6.23 Å². The molecule has 1 unspecified atom stereocenters. The molecule has 1 atom stereocenters. The predicted octanol–water partition coefficient (Wildman–Crippen LogP) is 3.89. The summed E-state index contributed by atoms with van der Waals surface area (Å²) in [6.45, 7) is 3.77. The normalized spacial score (nSPS) is 12.9. The third-order valence-corrected chi connectivity index (χ3v) is 7.59. The fourth-order valence-corrected chi connectivity index (χ4v) is 4.92. The van der Waals surface area contributed by atoms with Gasteiger partial charge in [-0.15, -0.1) is 0 Å². The standard InChI is InChI=1S/C30H29N7O2/c1-30(2,28(31)38)21-7-9-22(10-8-21)37-27-23-13-18(5-12-25(23)33-16-26(27)36(4)29(37)39)19-6-11-24(32-14-19)20-15-34-35(3)17-20/h5-17,28,38H,31H2,1-4H3. The van der Waals surface area contributed by atoms with Crippen LogP contribution in [0.1, 0.15) is 19.4 Å². The van der Waals surface area contributed by atoms with Crippen molar-refractivity contribution in [2.24, 2.45) is 19.8 Å². The van der Waals surface area contributed by atoms with Crippen LogP contribution in [0.15, 0.2) is 84.2 Å². The van der Waals surface area contributed by atoms with E-state index in [9.17, 15) is 9.90 Å². The van der Waals surface area contributed by atoms with Crippen LogP contribution in [0.5, 0.6) is 0 Å². The molecule has 0 saturated heterocycles. The summed E-state index contributed by atoms with van der Waals surface area (Å²) in [5.74, 6) is 0. The Morgan fingerprint density at radius 1 is 0.897 bits per heavy atom. The van der Waals surface area contributed by atoms with Crippen LogP contribution in [0, 0.1) is 0 Å². The van der Waals surface area contributed by atoms with Gasteiger partial charge < -0.3 is 10.8 Å². The first-order chi connectivity index (χ1) is 18.6. The molecule has 0 bridgehead atoms. The number of imidazole rings is 1. The number of benzene rings is 2. The fraction of sp³-hybridized carbons (Fsp3) is 0.200. The van der Waals surface area contributed by atoms with Crippen molar-refractivity contribution in [2.45, 2.75) is 25.5 Å². The number of fused-ring (bicyclic) bond motifs is 3. The Morgan fingerprint density at radius 3 is 2.28 bits per heavy atom. The monoisotopic (exact) mass is 519 g/mol. The van der Waals surface area contributed by atoms with E-state index >= 15 is 0 Å². The van der Waals surface area contributed by atoms with E-state index in [0.29, 0.717) is 0 Å². The number of rotatable bonds is 5. The zero-order valence-electron chi connectivity index (χ0n) is 22.2. The van der Waals surface area contributed by atoms with Crippen molar-refractivity contribution in [1.29, 1.82) is 0 Å².